The van der Waals surface area contributed by atoms with Gasteiger partial charge in [-0.3, -0.25) is 9.59 Å². The molecule has 36 heavy (non-hydrogen) atoms. The fourth-order valence-electron chi connectivity index (χ4n) is 3.76. The summed E-state index contributed by atoms with van der Waals surface area (Å²) in [6.07, 6.45) is -0.211. The number of anilines is 1. The molecule has 0 aliphatic carbocycles. The van der Waals surface area contributed by atoms with E-state index >= 15 is 0 Å². The van der Waals surface area contributed by atoms with E-state index in [1.54, 1.807) is 0 Å². The van der Waals surface area contributed by atoms with Gasteiger partial charge in [-0.1, -0.05) is 42.8 Å². The van der Waals surface area contributed by atoms with Crippen molar-refractivity contribution in [2.24, 2.45) is 0 Å². The van der Waals surface area contributed by atoms with E-state index in [-0.39, 0.29) is 35.0 Å². The van der Waals surface area contributed by atoms with Crippen molar-refractivity contribution in [1.82, 2.24) is 10.6 Å². The third kappa shape index (κ3) is 8.09. The zero-order chi connectivity index (χ0) is 26.2. The molecule has 0 radical (unpaired) electrons. The third-order valence-corrected chi connectivity index (χ3v) is 6.66. The van der Waals surface area contributed by atoms with Crippen molar-refractivity contribution in [3.63, 3.8) is 0 Å². The molecule has 1 aromatic heterocycles. The standard InChI is InChI=1S/C26H28ClF2N3O3S/c1-3-16-5-4-6-17(7-16)13-30-14-23(34)22(10-18-8-19(28)11-20(29)9-18)32-25(35)21-12-24(27)36-26(21)31-15(2)33/h4-9,11-12,22-23,30,34H,3,10,13-14H2,1-2H3,(H,31,33)(H,32,35)/t22-,23+/m0/s1. The van der Waals surface area contributed by atoms with E-state index in [4.69, 9.17) is 11.6 Å². The summed E-state index contributed by atoms with van der Waals surface area (Å²) in [5.41, 5.74) is 2.64. The summed E-state index contributed by atoms with van der Waals surface area (Å²) in [5, 5.41) is 19.7. The van der Waals surface area contributed by atoms with Crippen LogP contribution in [0.5, 0.6) is 0 Å². The van der Waals surface area contributed by atoms with Crippen LogP contribution in [0.25, 0.3) is 0 Å². The Morgan fingerprint density at radius 1 is 1.06 bits per heavy atom. The second-order valence-corrected chi connectivity index (χ2v) is 10.1. The van der Waals surface area contributed by atoms with Gasteiger partial charge in [0, 0.05) is 26.1 Å². The first-order valence-corrected chi connectivity index (χ1v) is 12.6. The normalized spacial score (nSPS) is 12.7. The van der Waals surface area contributed by atoms with Crippen molar-refractivity contribution in [3.8, 4) is 0 Å². The van der Waals surface area contributed by atoms with E-state index in [0.717, 1.165) is 41.5 Å². The van der Waals surface area contributed by atoms with E-state index < -0.39 is 29.7 Å². The van der Waals surface area contributed by atoms with Gasteiger partial charge in [0.05, 0.1) is 22.0 Å². The molecule has 2 atom stereocenters. The van der Waals surface area contributed by atoms with E-state index in [1.807, 2.05) is 18.2 Å². The molecule has 6 nitrogen and oxygen atoms in total. The Bertz CT molecular complexity index is 1200. The number of hydrogen-bond acceptors (Lipinski definition) is 5. The molecule has 0 fully saturated rings. The zero-order valence-electron chi connectivity index (χ0n) is 19.9. The molecule has 1 heterocycles. The van der Waals surface area contributed by atoms with Crippen LogP contribution in [0, 0.1) is 11.6 Å². The summed E-state index contributed by atoms with van der Waals surface area (Å²) in [6, 6.07) is 11.6. The SMILES string of the molecule is CCc1cccc(CNC[C@@H](O)[C@H](Cc2cc(F)cc(F)c2)NC(=O)c2cc(Cl)sc2NC(C)=O)c1. The molecule has 0 saturated heterocycles. The molecule has 10 heteroatoms. The van der Waals surface area contributed by atoms with Gasteiger partial charge < -0.3 is 21.1 Å². The molecule has 192 valence electrons. The third-order valence-electron chi connectivity index (χ3n) is 5.48. The molecule has 0 unspecified atom stereocenters. The van der Waals surface area contributed by atoms with Gasteiger partial charge in [-0.2, -0.15) is 0 Å². The second kappa shape index (κ2) is 12.9. The number of benzene rings is 2. The Balaban J connectivity index is 1.76. The summed E-state index contributed by atoms with van der Waals surface area (Å²) in [7, 11) is 0. The number of amides is 2. The molecular weight excluding hydrogens is 508 g/mol. The topological polar surface area (TPSA) is 90.5 Å². The van der Waals surface area contributed by atoms with Gasteiger partial charge in [-0.25, -0.2) is 8.78 Å². The Hall–Kier alpha value is -2.85. The molecule has 0 aliphatic rings. The summed E-state index contributed by atoms with van der Waals surface area (Å²) in [5.74, 6) is -2.46. The van der Waals surface area contributed by atoms with Crippen molar-refractivity contribution in [3.05, 3.63) is 86.8 Å². The Labute approximate surface area is 217 Å². The van der Waals surface area contributed by atoms with Crippen molar-refractivity contribution < 1.29 is 23.5 Å². The number of aliphatic hydroxyl groups excluding tert-OH is 1. The Morgan fingerprint density at radius 2 is 1.75 bits per heavy atom. The van der Waals surface area contributed by atoms with E-state index in [1.165, 1.54) is 18.6 Å². The van der Waals surface area contributed by atoms with Crippen LogP contribution in [0.15, 0.2) is 48.5 Å². The smallest absolute Gasteiger partial charge is 0.254 e. The largest absolute Gasteiger partial charge is 0.390 e. The monoisotopic (exact) mass is 535 g/mol. The molecule has 0 aliphatic heterocycles. The lowest BCUT2D eigenvalue weighted by molar-refractivity contribution is -0.114. The van der Waals surface area contributed by atoms with E-state index in [9.17, 15) is 23.5 Å². The lowest BCUT2D eigenvalue weighted by Gasteiger charge is -2.25. The minimum atomic E-state index is -1.09. The fraction of sp³-hybridized carbons (Fsp3) is 0.308. The molecule has 4 N–H and O–H groups in total. The number of thiophene rings is 1. The van der Waals surface area contributed by atoms with Crippen LogP contribution in [0.2, 0.25) is 4.34 Å². The fourth-order valence-corrected chi connectivity index (χ4v) is 4.93. The molecule has 0 spiro atoms. The quantitative estimate of drug-likeness (QED) is 0.287. The van der Waals surface area contributed by atoms with E-state index in [0.29, 0.717) is 10.9 Å². The number of carbonyl (C=O) groups is 2. The highest BCUT2D eigenvalue weighted by Crippen LogP contribution is 2.32. The number of halogens is 3. The van der Waals surface area contributed by atoms with Crippen molar-refractivity contribution in [2.75, 3.05) is 11.9 Å². The van der Waals surface area contributed by atoms with Crippen molar-refractivity contribution in [2.45, 2.75) is 45.4 Å². The first-order chi connectivity index (χ1) is 17.1. The van der Waals surface area contributed by atoms with Crippen LogP contribution in [-0.2, 0) is 24.2 Å². The maximum atomic E-state index is 13.8. The molecule has 3 rings (SSSR count). The van der Waals surface area contributed by atoms with Gasteiger partial charge in [-0.05, 0) is 47.7 Å². The Kier molecular flexibility index (Phi) is 9.95. The number of nitrogens with one attached hydrogen (secondary N) is 3. The lowest BCUT2D eigenvalue weighted by Crippen LogP contribution is -2.48. The van der Waals surface area contributed by atoms with E-state index in [2.05, 4.69) is 28.9 Å². The first kappa shape index (κ1) is 27.7. The molecule has 2 aromatic carbocycles. The number of carbonyl (C=O) groups excluding carboxylic acids is 2. The number of aryl methyl sites for hydroxylation is 1. The minimum Gasteiger partial charge on any atom is -0.390 e. The van der Waals surface area contributed by atoms with Crippen LogP contribution in [0.3, 0.4) is 0 Å². The molecule has 0 bridgehead atoms. The predicted octanol–water partition coefficient (Wildman–Crippen LogP) is 4.69. The van der Waals surface area contributed by atoms with Crippen LogP contribution in [-0.4, -0.2) is 35.6 Å². The highest BCUT2D eigenvalue weighted by atomic mass is 35.5. The van der Waals surface area contributed by atoms with Gasteiger partial charge in [-0.15, -0.1) is 11.3 Å². The van der Waals surface area contributed by atoms with Crippen LogP contribution < -0.4 is 16.0 Å². The molecule has 3 aromatic rings. The molecule has 0 saturated carbocycles. The average Bonchev–Trinajstić information content (AvgIpc) is 3.17. The highest BCUT2D eigenvalue weighted by molar-refractivity contribution is 7.20. The number of aliphatic hydroxyl groups is 1. The van der Waals surface area contributed by atoms with Crippen LogP contribution in [0.4, 0.5) is 13.8 Å². The number of rotatable bonds is 11. The summed E-state index contributed by atoms with van der Waals surface area (Å²) >= 11 is 7.08. The number of hydrogen-bond donors (Lipinski definition) is 4. The van der Waals surface area contributed by atoms with Gasteiger partial charge in [0.15, 0.2) is 0 Å². The highest BCUT2D eigenvalue weighted by Gasteiger charge is 2.25. The van der Waals surface area contributed by atoms with Gasteiger partial charge >= 0.3 is 0 Å². The summed E-state index contributed by atoms with van der Waals surface area (Å²) in [6.45, 7) is 3.98. The second-order valence-electron chi connectivity index (χ2n) is 8.41. The Morgan fingerprint density at radius 3 is 2.42 bits per heavy atom. The zero-order valence-corrected chi connectivity index (χ0v) is 21.5. The van der Waals surface area contributed by atoms with Gasteiger partial charge in [0.1, 0.15) is 16.6 Å². The van der Waals surface area contributed by atoms with Crippen LogP contribution >= 0.6 is 22.9 Å². The maximum Gasteiger partial charge on any atom is 0.254 e. The minimum absolute atomic E-state index is 0.0259. The van der Waals surface area contributed by atoms with Gasteiger partial charge in [0.25, 0.3) is 5.91 Å². The predicted molar refractivity (Wildman–Crippen MR) is 138 cm³/mol. The maximum absolute atomic E-state index is 13.8. The molecular formula is C26H28ClF2N3O3S. The van der Waals surface area contributed by atoms with Gasteiger partial charge in [0.2, 0.25) is 5.91 Å². The molecule has 2 amide bonds. The first-order valence-electron chi connectivity index (χ1n) is 11.4. The lowest BCUT2D eigenvalue weighted by atomic mass is 10.00. The summed E-state index contributed by atoms with van der Waals surface area (Å²) < 4.78 is 27.9. The average molecular weight is 536 g/mol. The van der Waals surface area contributed by atoms with Crippen molar-refractivity contribution in [1.29, 1.82) is 0 Å². The van der Waals surface area contributed by atoms with Crippen LogP contribution in [0.1, 0.15) is 40.9 Å². The summed E-state index contributed by atoms with van der Waals surface area (Å²) in [4.78, 5) is 24.6. The van der Waals surface area contributed by atoms with Crippen molar-refractivity contribution >= 4 is 39.8 Å².